The number of benzene rings is 2. The number of ether oxygens (including phenoxy) is 2. The van der Waals surface area contributed by atoms with Crippen LogP contribution in [-0.2, 0) is 24.3 Å². The lowest BCUT2D eigenvalue weighted by molar-refractivity contribution is -0.123. The highest BCUT2D eigenvalue weighted by molar-refractivity contribution is 7.89. The van der Waals surface area contributed by atoms with E-state index in [9.17, 15) is 22.4 Å². The molecule has 0 bridgehead atoms. The largest absolute Gasteiger partial charge is 0.449 e. The van der Waals surface area contributed by atoms with Gasteiger partial charge < -0.3 is 14.8 Å². The molecule has 1 heterocycles. The van der Waals surface area contributed by atoms with E-state index in [2.05, 4.69) is 5.32 Å². The molecule has 0 aliphatic carbocycles. The molecule has 0 aromatic heterocycles. The molecule has 1 fully saturated rings. The number of carbonyl (C=O) groups is 2. The number of carbonyl (C=O) groups excluding carboxylic acids is 2. The Morgan fingerprint density at radius 3 is 2.58 bits per heavy atom. The third-order valence-corrected chi connectivity index (χ3v) is 6.65. The number of rotatable bonds is 6. The van der Waals surface area contributed by atoms with Gasteiger partial charge in [-0.3, -0.25) is 4.79 Å². The fraction of sp³-hybridized carbons (Fsp3) is 0.300. The summed E-state index contributed by atoms with van der Waals surface area (Å²) in [5.41, 5.74) is 0.219. The Morgan fingerprint density at radius 1 is 1.19 bits per heavy atom. The van der Waals surface area contributed by atoms with Crippen LogP contribution in [0, 0.1) is 5.82 Å². The average molecular weight is 471 g/mol. The fourth-order valence-corrected chi connectivity index (χ4v) is 4.53. The van der Waals surface area contributed by atoms with Gasteiger partial charge in [-0.05, 0) is 43.3 Å². The number of amides is 1. The maximum atomic E-state index is 14.3. The van der Waals surface area contributed by atoms with Gasteiger partial charge in [0.25, 0.3) is 5.91 Å². The Morgan fingerprint density at radius 2 is 1.90 bits per heavy atom. The van der Waals surface area contributed by atoms with Gasteiger partial charge in [0, 0.05) is 23.8 Å². The minimum absolute atomic E-state index is 0.0805. The zero-order chi connectivity index (χ0) is 22.6. The second-order valence-corrected chi connectivity index (χ2v) is 9.05. The molecule has 1 N–H and O–H groups in total. The second kappa shape index (κ2) is 9.73. The minimum Gasteiger partial charge on any atom is -0.449 e. The van der Waals surface area contributed by atoms with E-state index in [4.69, 9.17) is 21.1 Å². The molecule has 166 valence electrons. The molecule has 0 radical (unpaired) electrons. The zero-order valence-electron chi connectivity index (χ0n) is 16.5. The van der Waals surface area contributed by atoms with Crippen molar-refractivity contribution >= 4 is 39.2 Å². The first kappa shape index (κ1) is 23.1. The Hall–Kier alpha value is -2.53. The summed E-state index contributed by atoms with van der Waals surface area (Å²) >= 11 is 5.87. The van der Waals surface area contributed by atoms with Gasteiger partial charge in [0.05, 0.1) is 18.8 Å². The van der Waals surface area contributed by atoms with Crippen molar-refractivity contribution in [3.05, 3.63) is 58.9 Å². The lowest BCUT2D eigenvalue weighted by Gasteiger charge is -2.26. The average Bonchev–Trinajstić information content (AvgIpc) is 2.74. The van der Waals surface area contributed by atoms with Gasteiger partial charge in [0.2, 0.25) is 10.0 Å². The second-order valence-electron chi connectivity index (χ2n) is 6.71. The Labute approximate surface area is 183 Å². The number of morpholine rings is 1. The van der Waals surface area contributed by atoms with Crippen molar-refractivity contribution in [1.82, 2.24) is 4.31 Å². The number of nitrogens with zero attached hydrogens (tertiary/aromatic N) is 1. The number of sulfonamides is 1. The molecule has 1 saturated heterocycles. The van der Waals surface area contributed by atoms with Crippen LogP contribution in [0.1, 0.15) is 17.3 Å². The monoisotopic (exact) mass is 470 g/mol. The van der Waals surface area contributed by atoms with Gasteiger partial charge in [-0.1, -0.05) is 17.7 Å². The molecule has 3 rings (SSSR count). The topological polar surface area (TPSA) is 102 Å². The summed E-state index contributed by atoms with van der Waals surface area (Å²) in [6, 6.07) is 9.29. The van der Waals surface area contributed by atoms with Gasteiger partial charge in [-0.15, -0.1) is 0 Å². The third-order valence-electron chi connectivity index (χ3n) is 4.50. The van der Waals surface area contributed by atoms with Crippen molar-refractivity contribution in [2.24, 2.45) is 0 Å². The van der Waals surface area contributed by atoms with Crippen molar-refractivity contribution in [3.8, 4) is 0 Å². The number of halogens is 2. The summed E-state index contributed by atoms with van der Waals surface area (Å²) in [4.78, 5) is 24.1. The minimum atomic E-state index is -4.16. The Balaban J connectivity index is 1.73. The molecule has 1 atom stereocenters. The number of nitrogens with one attached hydrogen (secondary N) is 1. The number of esters is 1. The Kier molecular flexibility index (Phi) is 7.26. The van der Waals surface area contributed by atoms with Gasteiger partial charge in [0.1, 0.15) is 10.7 Å². The quantitative estimate of drug-likeness (QED) is 0.651. The van der Waals surface area contributed by atoms with Gasteiger partial charge in [0.15, 0.2) is 6.10 Å². The van der Waals surface area contributed by atoms with Gasteiger partial charge in [-0.25, -0.2) is 17.6 Å². The van der Waals surface area contributed by atoms with Crippen LogP contribution in [0.5, 0.6) is 0 Å². The van der Waals surface area contributed by atoms with Crippen molar-refractivity contribution < 1.29 is 31.9 Å². The zero-order valence-corrected chi connectivity index (χ0v) is 18.1. The van der Waals surface area contributed by atoms with E-state index in [-0.39, 0.29) is 31.9 Å². The SMILES string of the molecule is CC(OC(=O)c1ccc(F)c(S(=O)(=O)N2CCOCC2)c1)C(=O)Nc1cccc(Cl)c1. The molecule has 0 spiro atoms. The highest BCUT2D eigenvalue weighted by atomic mass is 35.5. The van der Waals surface area contributed by atoms with E-state index in [1.54, 1.807) is 18.2 Å². The number of hydrogen-bond donors (Lipinski definition) is 1. The Bertz CT molecular complexity index is 1090. The van der Waals surface area contributed by atoms with E-state index >= 15 is 0 Å². The van der Waals surface area contributed by atoms with Crippen LogP contribution in [0.15, 0.2) is 47.4 Å². The lowest BCUT2D eigenvalue weighted by Crippen LogP contribution is -2.41. The van der Waals surface area contributed by atoms with E-state index in [0.29, 0.717) is 10.7 Å². The molecular formula is C20H20ClFN2O6S. The van der Waals surface area contributed by atoms with Crippen LogP contribution in [0.3, 0.4) is 0 Å². The van der Waals surface area contributed by atoms with Crippen molar-refractivity contribution in [2.45, 2.75) is 17.9 Å². The van der Waals surface area contributed by atoms with E-state index in [1.807, 2.05) is 0 Å². The third kappa shape index (κ3) is 5.59. The van der Waals surface area contributed by atoms with Crippen molar-refractivity contribution in [3.63, 3.8) is 0 Å². The normalized spacial score (nSPS) is 15.8. The van der Waals surface area contributed by atoms with Crippen LogP contribution in [-0.4, -0.2) is 57.0 Å². The van der Waals surface area contributed by atoms with Crippen LogP contribution >= 0.6 is 11.6 Å². The summed E-state index contributed by atoms with van der Waals surface area (Å²) in [7, 11) is -4.16. The van der Waals surface area contributed by atoms with Crippen LogP contribution in [0.4, 0.5) is 10.1 Å². The highest BCUT2D eigenvalue weighted by Crippen LogP contribution is 2.22. The first-order chi connectivity index (χ1) is 14.7. The summed E-state index contributed by atoms with van der Waals surface area (Å²) < 4.78 is 51.1. The fourth-order valence-electron chi connectivity index (χ4n) is 2.85. The highest BCUT2D eigenvalue weighted by Gasteiger charge is 2.30. The van der Waals surface area contributed by atoms with Crippen LogP contribution < -0.4 is 5.32 Å². The maximum absolute atomic E-state index is 14.3. The molecule has 2 aromatic rings. The molecule has 1 aliphatic rings. The molecule has 1 unspecified atom stereocenters. The predicted octanol–water partition coefficient (Wildman–Crippen LogP) is 2.68. The summed E-state index contributed by atoms with van der Waals surface area (Å²) in [5.74, 6) is -2.57. The van der Waals surface area contributed by atoms with Gasteiger partial charge >= 0.3 is 5.97 Å². The van der Waals surface area contributed by atoms with Crippen molar-refractivity contribution in [1.29, 1.82) is 0 Å². The molecule has 0 saturated carbocycles. The molecule has 2 aromatic carbocycles. The summed E-state index contributed by atoms with van der Waals surface area (Å²) in [6.07, 6.45) is -1.20. The maximum Gasteiger partial charge on any atom is 0.338 e. The van der Waals surface area contributed by atoms with Gasteiger partial charge in [-0.2, -0.15) is 4.31 Å². The smallest absolute Gasteiger partial charge is 0.338 e. The number of anilines is 1. The lowest BCUT2D eigenvalue weighted by atomic mass is 10.2. The van der Waals surface area contributed by atoms with E-state index < -0.39 is 38.7 Å². The van der Waals surface area contributed by atoms with E-state index in [0.717, 1.165) is 22.5 Å². The molecule has 31 heavy (non-hydrogen) atoms. The predicted molar refractivity (Wildman–Crippen MR) is 111 cm³/mol. The number of hydrogen-bond acceptors (Lipinski definition) is 6. The molecular weight excluding hydrogens is 451 g/mol. The van der Waals surface area contributed by atoms with Crippen molar-refractivity contribution in [2.75, 3.05) is 31.6 Å². The first-order valence-electron chi connectivity index (χ1n) is 9.33. The summed E-state index contributed by atoms with van der Waals surface area (Å²) in [5, 5.41) is 2.97. The van der Waals surface area contributed by atoms with Crippen LogP contribution in [0.25, 0.3) is 0 Å². The molecule has 8 nitrogen and oxygen atoms in total. The van der Waals surface area contributed by atoms with Crippen LogP contribution in [0.2, 0.25) is 5.02 Å². The summed E-state index contributed by atoms with van der Waals surface area (Å²) in [6.45, 7) is 1.91. The standard InChI is InChI=1S/C20H20ClFN2O6S/c1-13(19(25)23-16-4-2-3-15(21)12-16)30-20(26)14-5-6-17(22)18(11-14)31(27,28)24-7-9-29-10-8-24/h2-6,11-13H,7-10H2,1H3,(H,23,25). The molecule has 1 aliphatic heterocycles. The van der Waals surface area contributed by atoms with E-state index in [1.165, 1.54) is 13.0 Å². The molecule has 1 amide bonds. The molecule has 11 heteroatoms. The first-order valence-corrected chi connectivity index (χ1v) is 11.1.